The third kappa shape index (κ3) is 4.38. The van der Waals surface area contributed by atoms with Crippen LogP contribution in [0.25, 0.3) is 0 Å². The molecule has 1 aromatic carbocycles. The third-order valence-electron chi connectivity index (χ3n) is 3.38. The average molecular weight is 365 g/mol. The summed E-state index contributed by atoms with van der Waals surface area (Å²) in [4.78, 5) is 49.1. The maximum atomic E-state index is 12.7. The van der Waals surface area contributed by atoms with E-state index in [1.807, 2.05) is 0 Å². The largest absolute Gasteiger partial charge is 0.464 e. The second-order valence-corrected chi connectivity index (χ2v) is 5.17. The average Bonchev–Trinajstić information content (AvgIpc) is 2.57. The van der Waals surface area contributed by atoms with E-state index in [-0.39, 0.29) is 31.3 Å². The predicted octanol–water partition coefficient (Wildman–Crippen LogP) is 1.57. The summed E-state index contributed by atoms with van der Waals surface area (Å²) < 4.78 is 14.9. The van der Waals surface area contributed by atoms with Gasteiger partial charge in [0.2, 0.25) is 5.91 Å². The number of rotatable bonds is 8. The van der Waals surface area contributed by atoms with Gasteiger partial charge in [0.05, 0.1) is 19.8 Å². The van der Waals surface area contributed by atoms with Gasteiger partial charge in [-0.05, 0) is 38.5 Å². The van der Waals surface area contributed by atoms with Crippen molar-refractivity contribution in [2.45, 2.75) is 33.1 Å². The summed E-state index contributed by atoms with van der Waals surface area (Å²) in [7, 11) is 0. The first-order chi connectivity index (χ1) is 12.3. The Balaban J connectivity index is 3.53. The predicted molar refractivity (Wildman–Crippen MR) is 92.3 cm³/mol. The molecule has 0 fully saturated rings. The van der Waals surface area contributed by atoms with E-state index in [4.69, 9.17) is 14.2 Å². The zero-order valence-electron chi connectivity index (χ0n) is 15.3. The molecule has 0 aliphatic rings. The molecule has 0 unspecified atom stereocenters. The monoisotopic (exact) mass is 365 g/mol. The maximum Gasteiger partial charge on any atom is 0.339 e. The Kier molecular flexibility index (Phi) is 7.77. The van der Waals surface area contributed by atoms with E-state index >= 15 is 0 Å². The molecule has 142 valence electrons. The minimum atomic E-state index is -2.39. The number of carbonyl (C=O) groups excluding carboxylic acids is 4. The van der Waals surface area contributed by atoms with Gasteiger partial charge in [0.1, 0.15) is 0 Å². The Morgan fingerprint density at radius 1 is 0.808 bits per heavy atom. The first-order valence-corrected chi connectivity index (χ1v) is 8.24. The van der Waals surface area contributed by atoms with E-state index in [1.165, 1.54) is 31.2 Å². The number of esters is 3. The zero-order chi connectivity index (χ0) is 19.7. The van der Waals surface area contributed by atoms with Crippen molar-refractivity contribution in [3.63, 3.8) is 0 Å². The van der Waals surface area contributed by atoms with E-state index in [1.54, 1.807) is 20.8 Å². The second-order valence-electron chi connectivity index (χ2n) is 5.17. The molecule has 0 bridgehead atoms. The van der Waals surface area contributed by atoms with Gasteiger partial charge in [-0.15, -0.1) is 0 Å². The summed E-state index contributed by atoms with van der Waals surface area (Å²) in [6.07, 6.45) is 0. The van der Waals surface area contributed by atoms with Crippen LogP contribution in [-0.4, -0.2) is 43.6 Å². The fraction of sp³-hybridized carbons (Fsp3) is 0.444. The Hall–Kier alpha value is -2.90. The van der Waals surface area contributed by atoms with Crippen LogP contribution in [0, 0.1) is 0 Å². The first-order valence-electron chi connectivity index (χ1n) is 8.24. The molecule has 0 saturated carbocycles. The van der Waals surface area contributed by atoms with Gasteiger partial charge in [0, 0.05) is 12.6 Å². The molecule has 0 aliphatic heterocycles. The Bertz CT molecular complexity index is 621. The number of anilines is 1. The SMILES string of the molecule is CCOC(=O)C(C(=O)OCC)(C(=O)OCC)c1ccc(NC(C)=O)cc1. The number of hydrogen-bond acceptors (Lipinski definition) is 7. The number of ether oxygens (including phenoxy) is 3. The van der Waals surface area contributed by atoms with Crippen molar-refractivity contribution in [3.8, 4) is 0 Å². The molecule has 1 N–H and O–H groups in total. The molecule has 0 saturated heterocycles. The van der Waals surface area contributed by atoms with E-state index in [0.29, 0.717) is 5.69 Å². The lowest BCUT2D eigenvalue weighted by atomic mass is 9.80. The van der Waals surface area contributed by atoms with E-state index in [9.17, 15) is 19.2 Å². The van der Waals surface area contributed by atoms with Crippen LogP contribution in [0.15, 0.2) is 24.3 Å². The Morgan fingerprint density at radius 2 is 1.19 bits per heavy atom. The maximum absolute atomic E-state index is 12.7. The minimum absolute atomic E-state index is 0.0296. The van der Waals surface area contributed by atoms with Gasteiger partial charge in [-0.1, -0.05) is 12.1 Å². The van der Waals surface area contributed by atoms with Crippen molar-refractivity contribution in [2.24, 2.45) is 0 Å². The number of amides is 1. The smallest absolute Gasteiger partial charge is 0.339 e. The molecule has 1 amide bonds. The molecule has 0 atom stereocenters. The summed E-state index contributed by atoms with van der Waals surface area (Å²) in [6.45, 7) is 5.89. The van der Waals surface area contributed by atoms with Crippen LogP contribution >= 0.6 is 0 Å². The highest BCUT2D eigenvalue weighted by Crippen LogP contribution is 2.31. The van der Waals surface area contributed by atoms with Crippen LogP contribution in [0.4, 0.5) is 5.69 Å². The van der Waals surface area contributed by atoms with Gasteiger partial charge in [-0.2, -0.15) is 0 Å². The van der Waals surface area contributed by atoms with Crippen LogP contribution in [0.5, 0.6) is 0 Å². The van der Waals surface area contributed by atoms with Crippen molar-refractivity contribution in [2.75, 3.05) is 25.1 Å². The fourth-order valence-corrected chi connectivity index (χ4v) is 2.33. The summed E-state index contributed by atoms with van der Waals surface area (Å²) in [5.41, 5.74) is -1.93. The van der Waals surface area contributed by atoms with E-state index < -0.39 is 23.3 Å². The first kappa shape index (κ1) is 21.1. The molecule has 0 spiro atoms. The van der Waals surface area contributed by atoms with Crippen LogP contribution in [0.2, 0.25) is 0 Å². The van der Waals surface area contributed by atoms with Crippen molar-refractivity contribution < 1.29 is 33.4 Å². The van der Waals surface area contributed by atoms with Crippen LogP contribution in [-0.2, 0) is 38.8 Å². The molecule has 8 heteroatoms. The topological polar surface area (TPSA) is 108 Å². The summed E-state index contributed by atoms with van der Waals surface area (Å²) in [5, 5.41) is 2.56. The second kappa shape index (κ2) is 9.55. The molecule has 0 aromatic heterocycles. The lowest BCUT2D eigenvalue weighted by Crippen LogP contribution is -2.53. The normalized spacial score (nSPS) is 10.6. The Morgan fingerprint density at radius 3 is 1.50 bits per heavy atom. The third-order valence-corrected chi connectivity index (χ3v) is 3.38. The summed E-state index contributed by atoms with van der Waals surface area (Å²) in [5.74, 6) is -3.53. The highest BCUT2D eigenvalue weighted by molar-refractivity contribution is 6.24. The highest BCUT2D eigenvalue weighted by atomic mass is 16.6. The molecular formula is C18H23NO7. The zero-order valence-corrected chi connectivity index (χ0v) is 15.3. The number of carbonyl (C=O) groups is 4. The van der Waals surface area contributed by atoms with Crippen molar-refractivity contribution in [1.29, 1.82) is 0 Å². The molecule has 0 radical (unpaired) electrons. The molecular weight excluding hydrogens is 342 g/mol. The number of nitrogens with one attached hydrogen (secondary N) is 1. The highest BCUT2D eigenvalue weighted by Gasteiger charge is 2.59. The molecule has 1 rings (SSSR count). The van der Waals surface area contributed by atoms with Gasteiger partial charge in [0.15, 0.2) is 0 Å². The molecule has 1 aromatic rings. The Labute approximate surface area is 151 Å². The van der Waals surface area contributed by atoms with Crippen LogP contribution < -0.4 is 5.32 Å². The van der Waals surface area contributed by atoms with Crippen LogP contribution in [0.3, 0.4) is 0 Å². The van der Waals surface area contributed by atoms with Crippen molar-refractivity contribution in [3.05, 3.63) is 29.8 Å². The minimum Gasteiger partial charge on any atom is -0.464 e. The van der Waals surface area contributed by atoms with Gasteiger partial charge in [-0.25, -0.2) is 14.4 Å². The van der Waals surface area contributed by atoms with E-state index in [2.05, 4.69) is 5.32 Å². The van der Waals surface area contributed by atoms with Crippen molar-refractivity contribution in [1.82, 2.24) is 0 Å². The standard InChI is InChI=1S/C18H23NO7/c1-5-24-15(21)18(16(22)25-6-2,17(23)26-7-3)13-8-10-14(11-9-13)19-12(4)20/h8-11H,5-7H2,1-4H3,(H,19,20). The molecule has 0 aliphatic carbocycles. The summed E-state index contributed by atoms with van der Waals surface area (Å²) >= 11 is 0. The quantitative estimate of drug-likeness (QED) is 0.423. The molecule has 26 heavy (non-hydrogen) atoms. The van der Waals surface area contributed by atoms with Crippen molar-refractivity contribution >= 4 is 29.5 Å². The number of benzene rings is 1. The fourth-order valence-electron chi connectivity index (χ4n) is 2.33. The van der Waals surface area contributed by atoms with Gasteiger partial charge in [-0.3, -0.25) is 4.79 Å². The van der Waals surface area contributed by atoms with Crippen LogP contribution in [0.1, 0.15) is 33.3 Å². The molecule has 0 heterocycles. The lowest BCUT2D eigenvalue weighted by molar-refractivity contribution is -0.175. The van der Waals surface area contributed by atoms with E-state index in [0.717, 1.165) is 0 Å². The molecule has 8 nitrogen and oxygen atoms in total. The summed E-state index contributed by atoms with van der Waals surface area (Å²) in [6, 6.07) is 5.67. The van der Waals surface area contributed by atoms with Gasteiger partial charge >= 0.3 is 17.9 Å². The number of hydrogen-bond donors (Lipinski definition) is 1. The van der Waals surface area contributed by atoms with Gasteiger partial charge in [0.25, 0.3) is 5.41 Å². The van der Waals surface area contributed by atoms with Gasteiger partial charge < -0.3 is 19.5 Å². The lowest BCUT2D eigenvalue weighted by Gasteiger charge is -2.27.